The van der Waals surface area contributed by atoms with Crippen LogP contribution in [0, 0.1) is 5.82 Å². The summed E-state index contributed by atoms with van der Waals surface area (Å²) in [6.45, 7) is 19.3. The van der Waals surface area contributed by atoms with E-state index in [1.165, 1.54) is 29.7 Å². The Kier molecular flexibility index (Phi) is 8.66. The maximum Gasteiger partial charge on any atom is 0.412 e. The molecule has 7 heteroatoms. The number of thioether (sulfide) groups is 1. The van der Waals surface area contributed by atoms with Gasteiger partial charge in [0.15, 0.2) is 0 Å². The lowest BCUT2D eigenvalue weighted by atomic mass is 10.1. The van der Waals surface area contributed by atoms with Crippen molar-refractivity contribution in [2.45, 2.75) is 57.4 Å². The van der Waals surface area contributed by atoms with Crippen LogP contribution in [0.2, 0.25) is 5.02 Å². The fourth-order valence-corrected chi connectivity index (χ4v) is 3.95. The van der Waals surface area contributed by atoms with Crippen molar-refractivity contribution in [1.82, 2.24) is 0 Å². The van der Waals surface area contributed by atoms with Crippen LogP contribution in [0.3, 0.4) is 0 Å². The van der Waals surface area contributed by atoms with Crippen LogP contribution < -0.4 is 4.90 Å². The van der Waals surface area contributed by atoms with Crippen LogP contribution in [-0.2, 0) is 0 Å². The molecule has 0 heterocycles. The maximum atomic E-state index is 14.8. The molecule has 1 aromatic carbocycles. The first-order valence-electron chi connectivity index (χ1n) is 8.92. The Balaban J connectivity index is 3.54. The van der Waals surface area contributed by atoms with Crippen molar-refractivity contribution in [3.63, 3.8) is 0 Å². The first-order valence-corrected chi connectivity index (χ1v) is 10.2. The van der Waals surface area contributed by atoms with E-state index in [0.717, 1.165) is 25.0 Å². The third-order valence-corrected chi connectivity index (χ3v) is 6.54. The third-order valence-electron chi connectivity index (χ3n) is 4.50. The van der Waals surface area contributed by atoms with Gasteiger partial charge in [-0.1, -0.05) is 43.8 Å². The highest BCUT2D eigenvalue weighted by Crippen LogP contribution is 2.41. The summed E-state index contributed by atoms with van der Waals surface area (Å²) < 4.78 is 54.2. The quantitative estimate of drug-likeness (QED) is 0.170. The smallest absolute Gasteiger partial charge is 0.313 e. The summed E-state index contributed by atoms with van der Waals surface area (Å²) in [5.41, 5.74) is 0.411. The lowest BCUT2D eigenvalue weighted by Crippen LogP contribution is -2.23. The van der Waals surface area contributed by atoms with Crippen LogP contribution in [0.4, 0.5) is 23.2 Å². The van der Waals surface area contributed by atoms with Gasteiger partial charge in [-0.2, -0.15) is 13.2 Å². The van der Waals surface area contributed by atoms with Crippen LogP contribution in [0.25, 0.3) is 0 Å². The molecule has 0 aromatic heterocycles. The molecule has 0 aliphatic carbocycles. The lowest BCUT2D eigenvalue weighted by molar-refractivity contribution is -0.0920. The molecule has 0 saturated heterocycles. The SMILES string of the molecule is C=C(C)C(CC)Sc1cc(N(C(=C)C)C(=C)/C(C)=C(\C)C(F)(F)F)c(F)cc1Cl. The van der Waals surface area contributed by atoms with Gasteiger partial charge < -0.3 is 4.90 Å². The minimum atomic E-state index is -4.51. The average Bonchev–Trinajstić information content (AvgIpc) is 2.59. The van der Waals surface area contributed by atoms with Crippen molar-refractivity contribution in [1.29, 1.82) is 0 Å². The normalized spacial score (nSPS) is 13.6. The van der Waals surface area contributed by atoms with Crippen molar-refractivity contribution in [3.8, 4) is 0 Å². The number of hydrogen-bond donors (Lipinski definition) is 0. The molecule has 0 bridgehead atoms. The zero-order valence-electron chi connectivity index (χ0n) is 17.3. The summed E-state index contributed by atoms with van der Waals surface area (Å²) in [5.74, 6) is -0.677. The number of hydrogen-bond acceptors (Lipinski definition) is 2. The van der Waals surface area contributed by atoms with Gasteiger partial charge >= 0.3 is 6.18 Å². The van der Waals surface area contributed by atoms with E-state index in [4.69, 9.17) is 11.6 Å². The van der Waals surface area contributed by atoms with Gasteiger partial charge in [0.1, 0.15) is 5.82 Å². The van der Waals surface area contributed by atoms with E-state index >= 15 is 0 Å². The molecule has 1 nitrogen and oxygen atoms in total. The molecule has 0 saturated carbocycles. The molecule has 0 radical (unpaired) electrons. The van der Waals surface area contributed by atoms with E-state index < -0.39 is 17.6 Å². The van der Waals surface area contributed by atoms with Gasteiger partial charge in [-0.15, -0.1) is 11.8 Å². The second-order valence-corrected chi connectivity index (χ2v) is 8.51. The summed E-state index contributed by atoms with van der Waals surface area (Å²) >= 11 is 7.66. The number of allylic oxidation sites excluding steroid dienone is 3. The average molecular weight is 448 g/mol. The van der Waals surface area contributed by atoms with Crippen molar-refractivity contribution >= 4 is 29.1 Å². The van der Waals surface area contributed by atoms with E-state index in [0.29, 0.717) is 10.6 Å². The zero-order chi connectivity index (χ0) is 22.7. The monoisotopic (exact) mass is 447 g/mol. The molecule has 0 aliphatic heterocycles. The van der Waals surface area contributed by atoms with Crippen LogP contribution >= 0.6 is 23.4 Å². The van der Waals surface area contributed by atoms with Crippen molar-refractivity contribution < 1.29 is 17.6 Å². The molecule has 1 aromatic rings. The highest BCUT2D eigenvalue weighted by molar-refractivity contribution is 8.00. The third kappa shape index (κ3) is 6.16. The molecule has 1 atom stereocenters. The highest BCUT2D eigenvalue weighted by Gasteiger charge is 2.33. The maximum absolute atomic E-state index is 14.8. The second-order valence-electron chi connectivity index (χ2n) is 6.86. The summed E-state index contributed by atoms with van der Waals surface area (Å²) in [6, 6.07) is 2.67. The Morgan fingerprint density at radius 2 is 1.69 bits per heavy atom. The number of benzene rings is 1. The van der Waals surface area contributed by atoms with E-state index in [-0.39, 0.29) is 27.2 Å². The Labute approximate surface area is 179 Å². The second kappa shape index (κ2) is 9.90. The number of rotatable bonds is 8. The van der Waals surface area contributed by atoms with Gasteiger partial charge in [-0.3, -0.25) is 0 Å². The fraction of sp³-hybridized carbons (Fsp3) is 0.364. The number of nitrogens with zero attached hydrogens (tertiary/aromatic N) is 1. The number of anilines is 1. The van der Waals surface area contributed by atoms with E-state index in [1.54, 1.807) is 6.92 Å². The summed E-state index contributed by atoms with van der Waals surface area (Å²) in [4.78, 5) is 1.88. The van der Waals surface area contributed by atoms with Gasteiger partial charge in [0, 0.05) is 27.1 Å². The molecule has 0 fully saturated rings. The van der Waals surface area contributed by atoms with Crippen molar-refractivity contribution in [2.24, 2.45) is 0 Å². The Hall–Kier alpha value is -1.66. The topological polar surface area (TPSA) is 3.24 Å². The molecule has 160 valence electrons. The fourth-order valence-electron chi connectivity index (χ4n) is 2.64. The first-order chi connectivity index (χ1) is 13.2. The Morgan fingerprint density at radius 3 is 2.10 bits per heavy atom. The summed E-state index contributed by atoms with van der Waals surface area (Å²) in [7, 11) is 0. The van der Waals surface area contributed by atoms with Crippen LogP contribution in [0.5, 0.6) is 0 Å². The molecule has 29 heavy (non-hydrogen) atoms. The minimum Gasteiger partial charge on any atom is -0.313 e. The lowest BCUT2D eigenvalue weighted by Gasteiger charge is -2.30. The standard InChI is InChI=1S/C22H26ClF4NS/c1-9-20(12(2)3)29-21-11-19(18(24)10-17(21)23)28(13(4)5)16(8)14(6)15(7)22(25,26)27/h10-11,20H,2,4,8-9H2,1,3,5-7H3/b15-14+. The van der Waals surface area contributed by atoms with Gasteiger partial charge in [0.2, 0.25) is 0 Å². The Morgan fingerprint density at radius 1 is 1.14 bits per heavy atom. The molecule has 0 aliphatic rings. The van der Waals surface area contributed by atoms with E-state index in [1.807, 2.05) is 13.8 Å². The Bertz CT molecular complexity index is 855. The summed E-state index contributed by atoms with van der Waals surface area (Å²) in [6.07, 6.45) is -3.71. The minimum absolute atomic E-state index is 0.00330. The van der Waals surface area contributed by atoms with Crippen LogP contribution in [0.1, 0.15) is 41.0 Å². The van der Waals surface area contributed by atoms with Gasteiger partial charge in [-0.05, 0) is 51.8 Å². The van der Waals surface area contributed by atoms with Crippen LogP contribution in [-0.4, -0.2) is 11.4 Å². The molecule has 1 unspecified atom stereocenters. The zero-order valence-corrected chi connectivity index (χ0v) is 18.9. The molecular weight excluding hydrogens is 422 g/mol. The highest BCUT2D eigenvalue weighted by atomic mass is 35.5. The van der Waals surface area contributed by atoms with E-state index in [9.17, 15) is 17.6 Å². The number of alkyl halides is 3. The summed E-state index contributed by atoms with van der Waals surface area (Å²) in [5, 5.41) is 0.295. The molecule has 1 rings (SSSR count). The van der Waals surface area contributed by atoms with Crippen molar-refractivity contribution in [2.75, 3.05) is 4.90 Å². The molecule has 0 amide bonds. The molecule has 0 spiro atoms. The van der Waals surface area contributed by atoms with Gasteiger partial charge in [0.05, 0.1) is 10.7 Å². The van der Waals surface area contributed by atoms with Crippen LogP contribution in [0.15, 0.2) is 64.9 Å². The number of halogens is 5. The first kappa shape index (κ1) is 25.4. The van der Waals surface area contributed by atoms with E-state index in [2.05, 4.69) is 19.7 Å². The molecule has 0 N–H and O–H groups in total. The molecular formula is C22H26ClF4NS. The largest absolute Gasteiger partial charge is 0.412 e. The van der Waals surface area contributed by atoms with Gasteiger partial charge in [-0.25, -0.2) is 4.39 Å². The predicted molar refractivity (Wildman–Crippen MR) is 117 cm³/mol. The van der Waals surface area contributed by atoms with Crippen molar-refractivity contribution in [3.05, 3.63) is 70.8 Å². The van der Waals surface area contributed by atoms with Gasteiger partial charge in [0.25, 0.3) is 0 Å². The predicted octanol–water partition coefficient (Wildman–Crippen LogP) is 8.68.